The molecule has 4 nitrogen and oxygen atoms in total. The van der Waals surface area contributed by atoms with Crippen LogP contribution in [0.25, 0.3) is 0 Å². The summed E-state index contributed by atoms with van der Waals surface area (Å²) in [4.78, 5) is 19.3. The van der Waals surface area contributed by atoms with Crippen LogP contribution in [0.2, 0.25) is 0 Å². The zero-order valence-electron chi connectivity index (χ0n) is 12.4. The molecule has 1 aromatic heterocycles. The molecule has 2 unspecified atom stereocenters. The van der Waals surface area contributed by atoms with Gasteiger partial charge in [-0.15, -0.1) is 23.7 Å². The molecule has 0 aliphatic rings. The number of halogens is 1. The van der Waals surface area contributed by atoms with E-state index >= 15 is 0 Å². The van der Waals surface area contributed by atoms with Crippen molar-refractivity contribution >= 4 is 29.7 Å². The molecule has 0 spiro atoms. The van der Waals surface area contributed by atoms with E-state index in [4.69, 9.17) is 5.73 Å². The van der Waals surface area contributed by atoms with E-state index in [1.54, 1.807) is 30.2 Å². The van der Waals surface area contributed by atoms with Crippen molar-refractivity contribution in [2.45, 2.75) is 52.6 Å². The number of amides is 1. The van der Waals surface area contributed by atoms with Crippen molar-refractivity contribution in [3.63, 3.8) is 0 Å². The molecule has 2 N–H and O–H groups in total. The molecule has 0 aromatic carbocycles. The number of hydrogen-bond donors (Lipinski definition) is 1. The van der Waals surface area contributed by atoms with Crippen LogP contribution >= 0.6 is 23.7 Å². The SMILES string of the molecule is Cc1nc(C(C)C)sc1C(C)N(C)C(=O)C(C)N.Cl. The first kappa shape index (κ1) is 18.4. The molecule has 1 heterocycles. The first-order valence-corrected chi connectivity index (χ1v) is 7.06. The fraction of sp³-hybridized carbons (Fsp3) is 0.692. The first-order valence-electron chi connectivity index (χ1n) is 6.25. The van der Waals surface area contributed by atoms with Gasteiger partial charge in [0.05, 0.1) is 22.8 Å². The van der Waals surface area contributed by atoms with E-state index in [1.807, 2.05) is 13.8 Å². The number of hydrogen-bond acceptors (Lipinski definition) is 4. The van der Waals surface area contributed by atoms with E-state index in [2.05, 4.69) is 18.8 Å². The van der Waals surface area contributed by atoms with Crippen LogP contribution in [0, 0.1) is 6.92 Å². The van der Waals surface area contributed by atoms with Crippen molar-refractivity contribution in [3.8, 4) is 0 Å². The molecule has 1 rings (SSSR count). The van der Waals surface area contributed by atoms with Gasteiger partial charge in [0.15, 0.2) is 0 Å². The first-order chi connectivity index (χ1) is 8.25. The van der Waals surface area contributed by atoms with Gasteiger partial charge in [0.2, 0.25) is 5.91 Å². The van der Waals surface area contributed by atoms with Crippen molar-refractivity contribution in [2.75, 3.05) is 7.05 Å². The summed E-state index contributed by atoms with van der Waals surface area (Å²) in [5, 5.41) is 1.12. The monoisotopic (exact) mass is 305 g/mol. The highest BCUT2D eigenvalue weighted by Crippen LogP contribution is 2.31. The van der Waals surface area contributed by atoms with Gasteiger partial charge < -0.3 is 10.6 Å². The predicted octanol–water partition coefficient (Wildman–Crippen LogP) is 2.86. The van der Waals surface area contributed by atoms with Gasteiger partial charge in [0.25, 0.3) is 0 Å². The highest BCUT2D eigenvalue weighted by Gasteiger charge is 2.24. The average Bonchev–Trinajstić information content (AvgIpc) is 2.68. The molecule has 1 aromatic rings. The summed E-state index contributed by atoms with van der Waals surface area (Å²) < 4.78 is 0. The molecule has 0 radical (unpaired) electrons. The Bertz CT molecular complexity index is 432. The van der Waals surface area contributed by atoms with Gasteiger partial charge in [0, 0.05) is 17.8 Å². The normalized spacial score (nSPS) is 13.9. The fourth-order valence-electron chi connectivity index (χ4n) is 1.75. The average molecular weight is 306 g/mol. The third-order valence-corrected chi connectivity index (χ3v) is 4.67. The van der Waals surface area contributed by atoms with Gasteiger partial charge in [-0.25, -0.2) is 4.98 Å². The smallest absolute Gasteiger partial charge is 0.239 e. The maximum absolute atomic E-state index is 11.9. The van der Waals surface area contributed by atoms with Crippen molar-refractivity contribution in [1.82, 2.24) is 9.88 Å². The van der Waals surface area contributed by atoms with E-state index in [-0.39, 0.29) is 24.4 Å². The fourth-order valence-corrected chi connectivity index (χ4v) is 2.92. The van der Waals surface area contributed by atoms with E-state index in [1.165, 1.54) is 0 Å². The summed E-state index contributed by atoms with van der Waals surface area (Å²) >= 11 is 1.69. The third-order valence-electron chi connectivity index (χ3n) is 3.04. The van der Waals surface area contributed by atoms with Crippen LogP contribution in [0.5, 0.6) is 0 Å². The number of nitrogens with zero attached hydrogens (tertiary/aromatic N) is 2. The van der Waals surface area contributed by atoms with Gasteiger partial charge in [-0.05, 0) is 20.8 Å². The third kappa shape index (κ3) is 4.16. The molecule has 0 bridgehead atoms. The van der Waals surface area contributed by atoms with Crippen LogP contribution < -0.4 is 5.73 Å². The molecule has 110 valence electrons. The van der Waals surface area contributed by atoms with Crippen LogP contribution in [0.15, 0.2) is 0 Å². The van der Waals surface area contributed by atoms with Gasteiger partial charge in [0.1, 0.15) is 0 Å². The van der Waals surface area contributed by atoms with Crippen molar-refractivity contribution in [3.05, 3.63) is 15.6 Å². The van der Waals surface area contributed by atoms with E-state index < -0.39 is 6.04 Å². The minimum Gasteiger partial charge on any atom is -0.337 e. The second-order valence-corrected chi connectivity index (χ2v) is 6.13. The summed E-state index contributed by atoms with van der Waals surface area (Å²) in [6, 6.07) is -0.441. The van der Waals surface area contributed by atoms with Crippen molar-refractivity contribution < 1.29 is 4.79 Å². The Morgan fingerprint density at radius 3 is 2.21 bits per heavy atom. The summed E-state index contributed by atoms with van der Waals surface area (Å²) in [7, 11) is 1.80. The lowest BCUT2D eigenvalue weighted by Gasteiger charge is -2.26. The second-order valence-electron chi connectivity index (χ2n) is 5.07. The van der Waals surface area contributed by atoms with Gasteiger partial charge in [-0.1, -0.05) is 13.8 Å². The molecule has 0 fully saturated rings. The number of likely N-dealkylation sites (N-methyl/N-ethyl adjacent to an activating group) is 1. The van der Waals surface area contributed by atoms with Gasteiger partial charge >= 0.3 is 0 Å². The number of aryl methyl sites for hydroxylation is 1. The lowest BCUT2D eigenvalue weighted by molar-refractivity contribution is -0.132. The summed E-state index contributed by atoms with van der Waals surface area (Å²) in [5.74, 6) is 0.380. The quantitative estimate of drug-likeness (QED) is 0.930. The van der Waals surface area contributed by atoms with Gasteiger partial charge in [-0.2, -0.15) is 0 Å². The molecule has 0 saturated heterocycles. The highest BCUT2D eigenvalue weighted by atomic mass is 35.5. The zero-order valence-corrected chi connectivity index (χ0v) is 14.1. The molecule has 0 saturated carbocycles. The van der Waals surface area contributed by atoms with Crippen LogP contribution in [0.1, 0.15) is 55.2 Å². The Balaban J connectivity index is 0.00000324. The minimum atomic E-state index is -0.463. The maximum Gasteiger partial charge on any atom is 0.239 e. The molecule has 0 aliphatic heterocycles. The lowest BCUT2D eigenvalue weighted by atomic mass is 10.2. The largest absolute Gasteiger partial charge is 0.337 e. The number of nitrogens with two attached hydrogens (primary N) is 1. The van der Waals surface area contributed by atoms with Crippen LogP contribution in [-0.2, 0) is 4.79 Å². The molecule has 6 heteroatoms. The molecule has 2 atom stereocenters. The second kappa shape index (κ2) is 7.22. The zero-order chi connectivity index (χ0) is 14.0. The molecule has 1 amide bonds. The lowest BCUT2D eigenvalue weighted by Crippen LogP contribution is -2.40. The Hall–Kier alpha value is -0.650. The van der Waals surface area contributed by atoms with E-state index in [0.29, 0.717) is 5.92 Å². The number of thiazole rings is 1. The summed E-state index contributed by atoms with van der Waals surface area (Å²) in [6.07, 6.45) is 0. The molecule has 0 aliphatic carbocycles. The predicted molar refractivity (Wildman–Crippen MR) is 83.0 cm³/mol. The van der Waals surface area contributed by atoms with Gasteiger partial charge in [-0.3, -0.25) is 4.79 Å². The molecule has 19 heavy (non-hydrogen) atoms. The maximum atomic E-state index is 11.9. The minimum absolute atomic E-state index is 0. The Morgan fingerprint density at radius 2 is 1.84 bits per heavy atom. The van der Waals surface area contributed by atoms with E-state index in [9.17, 15) is 4.79 Å². The standard InChI is InChI=1S/C13H23N3OS.ClH/c1-7(2)12-15-9(4)11(18-12)10(5)16(6)13(17)8(3)14;/h7-8,10H,14H2,1-6H3;1H. The summed E-state index contributed by atoms with van der Waals surface area (Å²) in [6.45, 7) is 9.99. The summed E-state index contributed by atoms with van der Waals surface area (Å²) in [5.41, 5.74) is 6.66. The number of aromatic nitrogens is 1. The topological polar surface area (TPSA) is 59.2 Å². The Morgan fingerprint density at radius 1 is 1.32 bits per heavy atom. The highest BCUT2D eigenvalue weighted by molar-refractivity contribution is 7.11. The number of carbonyl (C=O) groups excluding carboxylic acids is 1. The molecular formula is C13H24ClN3OS. The Labute approximate surface area is 125 Å². The van der Waals surface area contributed by atoms with E-state index in [0.717, 1.165) is 15.6 Å². The van der Waals surface area contributed by atoms with Crippen molar-refractivity contribution in [1.29, 1.82) is 0 Å². The number of carbonyl (C=O) groups is 1. The van der Waals surface area contributed by atoms with Crippen LogP contribution in [0.3, 0.4) is 0 Å². The number of rotatable bonds is 4. The van der Waals surface area contributed by atoms with Crippen LogP contribution in [0.4, 0.5) is 0 Å². The van der Waals surface area contributed by atoms with Crippen LogP contribution in [-0.4, -0.2) is 28.9 Å². The molecular weight excluding hydrogens is 282 g/mol. The Kier molecular flexibility index (Phi) is 6.97. The van der Waals surface area contributed by atoms with Crippen molar-refractivity contribution in [2.24, 2.45) is 5.73 Å².